The number of hydrogen-bond acceptors (Lipinski definition) is 4. The summed E-state index contributed by atoms with van der Waals surface area (Å²) < 4.78 is 10.9. The van der Waals surface area contributed by atoms with Crippen LogP contribution in [0.1, 0.15) is 31.4 Å². The Morgan fingerprint density at radius 2 is 2.10 bits per heavy atom. The molecule has 2 rings (SSSR count). The fourth-order valence-electron chi connectivity index (χ4n) is 2.91. The Labute approximate surface area is 121 Å². The normalized spacial score (nSPS) is 25.4. The fourth-order valence-corrected chi connectivity index (χ4v) is 2.91. The SMILES string of the molecule is COc1ccccc1C(O)CN1CCCC(C)(OC)C1. The first kappa shape index (κ1) is 15.3. The molecule has 0 aromatic heterocycles. The van der Waals surface area contributed by atoms with E-state index in [1.165, 1.54) is 0 Å². The van der Waals surface area contributed by atoms with Gasteiger partial charge in [-0.1, -0.05) is 18.2 Å². The lowest BCUT2D eigenvalue weighted by Gasteiger charge is -2.40. The average Bonchev–Trinajstić information content (AvgIpc) is 2.47. The number of ether oxygens (including phenoxy) is 2. The third-order valence-corrected chi connectivity index (χ3v) is 4.16. The molecule has 1 aliphatic heterocycles. The van der Waals surface area contributed by atoms with Crippen LogP contribution in [0.4, 0.5) is 0 Å². The number of nitrogens with zero attached hydrogens (tertiary/aromatic N) is 1. The molecule has 0 saturated carbocycles. The van der Waals surface area contributed by atoms with Crippen molar-refractivity contribution in [2.24, 2.45) is 0 Å². The topological polar surface area (TPSA) is 41.9 Å². The van der Waals surface area contributed by atoms with Crippen LogP contribution in [-0.2, 0) is 4.74 Å². The van der Waals surface area contributed by atoms with Crippen LogP contribution < -0.4 is 4.74 Å². The molecule has 0 amide bonds. The van der Waals surface area contributed by atoms with Crippen molar-refractivity contribution < 1.29 is 14.6 Å². The molecule has 0 radical (unpaired) electrons. The van der Waals surface area contributed by atoms with Crippen molar-refractivity contribution in [2.45, 2.75) is 31.5 Å². The molecule has 0 spiro atoms. The van der Waals surface area contributed by atoms with Crippen LogP contribution >= 0.6 is 0 Å². The van der Waals surface area contributed by atoms with Crippen molar-refractivity contribution in [2.75, 3.05) is 33.9 Å². The summed E-state index contributed by atoms with van der Waals surface area (Å²) in [4.78, 5) is 2.27. The van der Waals surface area contributed by atoms with Crippen molar-refractivity contribution >= 4 is 0 Å². The van der Waals surface area contributed by atoms with Gasteiger partial charge >= 0.3 is 0 Å². The van der Waals surface area contributed by atoms with Crippen molar-refractivity contribution in [1.82, 2.24) is 4.90 Å². The molecule has 1 heterocycles. The number of para-hydroxylation sites is 1. The maximum Gasteiger partial charge on any atom is 0.124 e. The average molecular weight is 279 g/mol. The minimum Gasteiger partial charge on any atom is -0.496 e. The summed E-state index contributed by atoms with van der Waals surface area (Å²) in [5, 5.41) is 10.5. The van der Waals surface area contributed by atoms with Crippen LogP contribution in [0, 0.1) is 0 Å². The van der Waals surface area contributed by atoms with Crippen LogP contribution in [0.25, 0.3) is 0 Å². The molecule has 1 aliphatic rings. The molecule has 0 bridgehead atoms. The maximum atomic E-state index is 10.5. The first-order valence-electron chi connectivity index (χ1n) is 7.16. The molecule has 4 nitrogen and oxygen atoms in total. The Morgan fingerprint density at radius 1 is 1.35 bits per heavy atom. The molecule has 2 atom stereocenters. The Hall–Kier alpha value is -1.10. The van der Waals surface area contributed by atoms with E-state index in [4.69, 9.17) is 9.47 Å². The lowest BCUT2D eigenvalue weighted by atomic mass is 9.94. The largest absolute Gasteiger partial charge is 0.496 e. The minimum absolute atomic E-state index is 0.0985. The molecule has 1 fully saturated rings. The van der Waals surface area contributed by atoms with E-state index in [-0.39, 0.29) is 5.60 Å². The molecule has 0 aliphatic carbocycles. The number of hydrogen-bond donors (Lipinski definition) is 1. The van der Waals surface area contributed by atoms with Gasteiger partial charge in [0.25, 0.3) is 0 Å². The number of methoxy groups -OCH3 is 2. The summed E-state index contributed by atoms with van der Waals surface area (Å²) in [5.41, 5.74) is 0.748. The second-order valence-electron chi connectivity index (χ2n) is 5.75. The van der Waals surface area contributed by atoms with Crippen LogP contribution in [-0.4, -0.2) is 49.5 Å². The molecule has 1 saturated heterocycles. The second-order valence-corrected chi connectivity index (χ2v) is 5.75. The van der Waals surface area contributed by atoms with Gasteiger partial charge in [0, 0.05) is 25.8 Å². The molecular weight excluding hydrogens is 254 g/mol. The highest BCUT2D eigenvalue weighted by Gasteiger charge is 2.31. The van der Waals surface area contributed by atoms with E-state index >= 15 is 0 Å². The number of rotatable bonds is 5. The predicted octanol–water partition coefficient (Wildman–Crippen LogP) is 2.23. The minimum atomic E-state index is -0.537. The van der Waals surface area contributed by atoms with Crippen molar-refractivity contribution in [3.63, 3.8) is 0 Å². The van der Waals surface area contributed by atoms with Crippen molar-refractivity contribution in [3.05, 3.63) is 29.8 Å². The van der Waals surface area contributed by atoms with Gasteiger partial charge in [-0.3, -0.25) is 4.90 Å². The summed E-state index contributed by atoms with van der Waals surface area (Å²) in [6, 6.07) is 7.64. The molecule has 1 N–H and O–H groups in total. The van der Waals surface area contributed by atoms with E-state index in [1.54, 1.807) is 14.2 Å². The predicted molar refractivity (Wildman–Crippen MR) is 79.0 cm³/mol. The van der Waals surface area contributed by atoms with E-state index in [2.05, 4.69) is 11.8 Å². The highest BCUT2D eigenvalue weighted by molar-refractivity contribution is 5.35. The summed E-state index contributed by atoms with van der Waals surface area (Å²) in [7, 11) is 3.40. The summed E-state index contributed by atoms with van der Waals surface area (Å²) >= 11 is 0. The highest BCUT2D eigenvalue weighted by Crippen LogP contribution is 2.28. The van der Waals surface area contributed by atoms with Gasteiger partial charge in [-0.15, -0.1) is 0 Å². The lowest BCUT2D eigenvalue weighted by Crippen LogP contribution is -2.48. The zero-order valence-electron chi connectivity index (χ0n) is 12.6. The number of β-amino-alcohol motifs (C(OH)–C–C–N with tert-alkyl or cyclic N) is 1. The molecule has 20 heavy (non-hydrogen) atoms. The first-order valence-corrected chi connectivity index (χ1v) is 7.16. The summed E-state index contributed by atoms with van der Waals surface area (Å²) in [6.07, 6.45) is 1.64. The monoisotopic (exact) mass is 279 g/mol. The van der Waals surface area contributed by atoms with E-state index < -0.39 is 6.10 Å². The van der Waals surface area contributed by atoms with E-state index in [1.807, 2.05) is 24.3 Å². The van der Waals surface area contributed by atoms with Gasteiger partial charge in [0.15, 0.2) is 0 Å². The zero-order valence-corrected chi connectivity index (χ0v) is 12.6. The number of piperidine rings is 1. The molecule has 4 heteroatoms. The molecule has 1 aromatic carbocycles. The molecule has 1 aromatic rings. The van der Waals surface area contributed by atoms with Gasteiger partial charge in [-0.2, -0.15) is 0 Å². The van der Waals surface area contributed by atoms with Gasteiger partial charge in [0.1, 0.15) is 5.75 Å². The fraction of sp³-hybridized carbons (Fsp3) is 0.625. The third kappa shape index (κ3) is 3.51. The van der Waals surface area contributed by atoms with Crippen LogP contribution in [0.5, 0.6) is 5.75 Å². The van der Waals surface area contributed by atoms with Crippen LogP contribution in [0.3, 0.4) is 0 Å². The number of aliphatic hydroxyl groups excluding tert-OH is 1. The second kappa shape index (κ2) is 6.57. The van der Waals surface area contributed by atoms with E-state index in [0.717, 1.165) is 37.2 Å². The van der Waals surface area contributed by atoms with Crippen LogP contribution in [0.15, 0.2) is 24.3 Å². The van der Waals surface area contributed by atoms with Gasteiger partial charge < -0.3 is 14.6 Å². The first-order chi connectivity index (χ1) is 9.58. The number of benzene rings is 1. The Kier molecular flexibility index (Phi) is 5.02. The zero-order chi connectivity index (χ0) is 14.6. The Morgan fingerprint density at radius 3 is 2.80 bits per heavy atom. The van der Waals surface area contributed by atoms with E-state index in [0.29, 0.717) is 6.54 Å². The smallest absolute Gasteiger partial charge is 0.124 e. The third-order valence-electron chi connectivity index (χ3n) is 4.16. The Bertz CT molecular complexity index is 437. The molecule has 2 unspecified atom stereocenters. The quantitative estimate of drug-likeness (QED) is 0.897. The Balaban J connectivity index is 2.02. The summed E-state index contributed by atoms with van der Waals surface area (Å²) in [5.74, 6) is 0.742. The van der Waals surface area contributed by atoms with Gasteiger partial charge in [0.05, 0.1) is 18.8 Å². The molecule has 112 valence electrons. The maximum absolute atomic E-state index is 10.5. The number of aliphatic hydroxyl groups is 1. The van der Waals surface area contributed by atoms with Crippen LogP contribution in [0.2, 0.25) is 0 Å². The number of likely N-dealkylation sites (tertiary alicyclic amines) is 1. The van der Waals surface area contributed by atoms with Crippen molar-refractivity contribution in [1.29, 1.82) is 0 Å². The van der Waals surface area contributed by atoms with Gasteiger partial charge in [-0.05, 0) is 32.4 Å². The van der Waals surface area contributed by atoms with Crippen molar-refractivity contribution in [3.8, 4) is 5.75 Å². The molecular formula is C16H25NO3. The van der Waals surface area contributed by atoms with Gasteiger partial charge in [-0.25, -0.2) is 0 Å². The van der Waals surface area contributed by atoms with Gasteiger partial charge in [0.2, 0.25) is 0 Å². The van der Waals surface area contributed by atoms with E-state index in [9.17, 15) is 5.11 Å². The lowest BCUT2D eigenvalue weighted by molar-refractivity contribution is -0.0587. The standard InChI is InChI=1S/C16H25NO3/c1-16(20-3)9-6-10-17(12-16)11-14(18)13-7-4-5-8-15(13)19-2/h4-5,7-8,14,18H,6,9-12H2,1-3H3. The highest BCUT2D eigenvalue weighted by atomic mass is 16.5. The summed E-state index contributed by atoms with van der Waals surface area (Å²) in [6.45, 7) is 4.61.